The molecule has 0 saturated heterocycles. The Morgan fingerprint density at radius 3 is 2.34 bits per heavy atom. The number of hydrogen-bond donors (Lipinski definition) is 1. The third-order valence-electron chi connectivity index (χ3n) is 5.05. The summed E-state index contributed by atoms with van der Waals surface area (Å²) in [5, 5.41) is 12.4. The van der Waals surface area contributed by atoms with E-state index in [-0.39, 0.29) is 5.57 Å². The second kappa shape index (κ2) is 10.6. The molecular weight excluding hydrogens is 532 g/mol. The second-order valence-corrected chi connectivity index (χ2v) is 9.17. The van der Waals surface area contributed by atoms with E-state index in [4.69, 9.17) is 4.74 Å². The van der Waals surface area contributed by atoms with Gasteiger partial charge in [-0.1, -0.05) is 42.0 Å². The van der Waals surface area contributed by atoms with Gasteiger partial charge in [-0.3, -0.25) is 4.79 Å². The van der Waals surface area contributed by atoms with Crippen molar-refractivity contribution >= 4 is 49.5 Å². The van der Waals surface area contributed by atoms with Gasteiger partial charge in [-0.2, -0.15) is 5.26 Å². The number of carbonyl (C=O) groups excluding carboxylic acids is 1. The summed E-state index contributed by atoms with van der Waals surface area (Å²) in [6, 6.07) is 19.5. The van der Waals surface area contributed by atoms with Gasteiger partial charge in [0.05, 0.1) is 8.95 Å². The lowest BCUT2D eigenvalue weighted by Crippen LogP contribution is -2.14. The van der Waals surface area contributed by atoms with Crippen LogP contribution in [0.2, 0.25) is 0 Å². The first kappa shape index (κ1) is 23.8. The molecule has 0 fully saturated rings. The van der Waals surface area contributed by atoms with Crippen molar-refractivity contribution in [2.24, 2.45) is 0 Å². The monoisotopic (exact) mass is 552 g/mol. The molecule has 0 bridgehead atoms. The van der Waals surface area contributed by atoms with Crippen LogP contribution in [0.15, 0.2) is 69.1 Å². The van der Waals surface area contributed by atoms with Crippen LogP contribution in [-0.4, -0.2) is 5.91 Å². The van der Waals surface area contributed by atoms with Crippen LogP contribution in [0.4, 0.5) is 5.69 Å². The molecule has 1 amide bonds. The third kappa shape index (κ3) is 5.87. The first-order valence-corrected chi connectivity index (χ1v) is 11.5. The molecule has 6 heteroatoms. The molecule has 0 aliphatic carbocycles. The van der Waals surface area contributed by atoms with Crippen LogP contribution in [0.25, 0.3) is 6.08 Å². The average Bonchev–Trinajstić information content (AvgIpc) is 2.76. The summed E-state index contributed by atoms with van der Waals surface area (Å²) in [5.74, 6) is 0.203. The molecule has 0 spiro atoms. The summed E-state index contributed by atoms with van der Waals surface area (Å²) in [6.45, 7) is 6.38. The predicted octanol–water partition coefficient (Wildman–Crippen LogP) is 7.26. The Bertz CT molecular complexity index is 1200. The van der Waals surface area contributed by atoms with Crippen LogP contribution in [-0.2, 0) is 11.4 Å². The number of amides is 1. The van der Waals surface area contributed by atoms with E-state index in [1.807, 2.05) is 81.4 Å². The Morgan fingerprint density at radius 2 is 1.72 bits per heavy atom. The largest absolute Gasteiger partial charge is 0.487 e. The van der Waals surface area contributed by atoms with Crippen molar-refractivity contribution in [3.05, 3.63) is 96.9 Å². The minimum absolute atomic E-state index is 0.0121. The van der Waals surface area contributed by atoms with Gasteiger partial charge in [0, 0.05) is 5.69 Å². The van der Waals surface area contributed by atoms with Crippen LogP contribution < -0.4 is 10.1 Å². The molecule has 0 radical (unpaired) electrons. The molecule has 0 saturated carbocycles. The summed E-state index contributed by atoms with van der Waals surface area (Å²) in [4.78, 5) is 12.7. The fraction of sp³-hybridized carbons (Fsp3) is 0.154. The number of anilines is 1. The van der Waals surface area contributed by atoms with Crippen LogP contribution in [0.5, 0.6) is 5.75 Å². The zero-order valence-corrected chi connectivity index (χ0v) is 21.2. The van der Waals surface area contributed by atoms with Crippen LogP contribution in [0.1, 0.15) is 27.8 Å². The van der Waals surface area contributed by atoms with Crippen molar-refractivity contribution in [3.8, 4) is 11.8 Å². The first-order chi connectivity index (χ1) is 15.3. The number of ether oxygens (including phenoxy) is 1. The number of nitrogens with zero attached hydrogens (tertiary/aromatic N) is 1. The molecule has 32 heavy (non-hydrogen) atoms. The van der Waals surface area contributed by atoms with Crippen molar-refractivity contribution in [2.45, 2.75) is 27.4 Å². The highest BCUT2D eigenvalue weighted by molar-refractivity contribution is 9.11. The van der Waals surface area contributed by atoms with Gasteiger partial charge < -0.3 is 10.1 Å². The topological polar surface area (TPSA) is 62.1 Å². The zero-order chi connectivity index (χ0) is 23.3. The van der Waals surface area contributed by atoms with Crippen molar-refractivity contribution in [1.29, 1.82) is 5.26 Å². The minimum Gasteiger partial charge on any atom is -0.487 e. The van der Waals surface area contributed by atoms with E-state index in [9.17, 15) is 10.1 Å². The van der Waals surface area contributed by atoms with Gasteiger partial charge in [-0.05, 0) is 99.2 Å². The molecule has 3 rings (SSSR count). The standard InChI is InChI=1S/C26H22Br2N2O2/c1-16-7-9-19(10-8-16)15-32-25-22(27)12-20(13-23(25)28)11-21(14-29)26(31)30-24-6-4-5-17(2)18(24)3/h4-13H,15H2,1-3H3,(H,30,31)/b21-11+. The van der Waals surface area contributed by atoms with E-state index in [0.717, 1.165) is 25.6 Å². The van der Waals surface area contributed by atoms with Gasteiger partial charge >= 0.3 is 0 Å². The number of nitrogens with one attached hydrogen (secondary N) is 1. The van der Waals surface area contributed by atoms with E-state index in [1.165, 1.54) is 5.56 Å². The zero-order valence-electron chi connectivity index (χ0n) is 18.0. The summed E-state index contributed by atoms with van der Waals surface area (Å²) in [6.07, 6.45) is 1.56. The fourth-order valence-electron chi connectivity index (χ4n) is 3.03. The Morgan fingerprint density at radius 1 is 1.06 bits per heavy atom. The SMILES string of the molecule is Cc1ccc(COc2c(Br)cc(/C=C(\C#N)C(=O)Nc3cccc(C)c3C)cc2Br)cc1. The number of aryl methyl sites for hydroxylation is 2. The maximum atomic E-state index is 12.7. The lowest BCUT2D eigenvalue weighted by molar-refractivity contribution is -0.112. The quantitative estimate of drug-likeness (QED) is 0.258. The van der Waals surface area contributed by atoms with Crippen molar-refractivity contribution in [2.75, 3.05) is 5.32 Å². The van der Waals surface area contributed by atoms with E-state index in [1.54, 1.807) is 6.08 Å². The summed E-state index contributed by atoms with van der Waals surface area (Å²) in [7, 11) is 0. The number of benzene rings is 3. The molecule has 0 aliphatic rings. The Labute approximate surface area is 205 Å². The third-order valence-corrected chi connectivity index (χ3v) is 6.23. The first-order valence-electron chi connectivity index (χ1n) is 9.95. The van der Waals surface area contributed by atoms with Crippen molar-refractivity contribution < 1.29 is 9.53 Å². The smallest absolute Gasteiger partial charge is 0.266 e. The van der Waals surface area contributed by atoms with Gasteiger partial charge in [0.1, 0.15) is 24.0 Å². The molecule has 0 aromatic heterocycles. The van der Waals surface area contributed by atoms with Gasteiger partial charge in [-0.15, -0.1) is 0 Å². The van der Waals surface area contributed by atoms with Crippen LogP contribution in [0, 0.1) is 32.1 Å². The van der Waals surface area contributed by atoms with Crippen molar-refractivity contribution in [3.63, 3.8) is 0 Å². The van der Waals surface area contributed by atoms with Crippen LogP contribution in [0.3, 0.4) is 0 Å². The van der Waals surface area contributed by atoms with E-state index in [0.29, 0.717) is 23.6 Å². The second-order valence-electron chi connectivity index (χ2n) is 7.46. The Hall–Kier alpha value is -2.88. The molecule has 0 unspecified atom stereocenters. The lowest BCUT2D eigenvalue weighted by Gasteiger charge is -2.12. The molecule has 1 N–H and O–H groups in total. The average molecular weight is 554 g/mol. The van der Waals surface area contributed by atoms with E-state index in [2.05, 4.69) is 37.2 Å². The highest BCUT2D eigenvalue weighted by Gasteiger charge is 2.14. The number of carbonyl (C=O) groups is 1. The van der Waals surface area contributed by atoms with Gasteiger partial charge in [0.2, 0.25) is 0 Å². The molecule has 3 aromatic carbocycles. The van der Waals surface area contributed by atoms with Gasteiger partial charge in [0.15, 0.2) is 0 Å². The maximum Gasteiger partial charge on any atom is 0.266 e. The maximum absolute atomic E-state index is 12.7. The number of hydrogen-bond acceptors (Lipinski definition) is 3. The number of nitriles is 1. The predicted molar refractivity (Wildman–Crippen MR) is 135 cm³/mol. The van der Waals surface area contributed by atoms with E-state index < -0.39 is 5.91 Å². The Kier molecular flexibility index (Phi) is 7.89. The molecule has 0 atom stereocenters. The summed E-state index contributed by atoms with van der Waals surface area (Å²) >= 11 is 7.07. The normalized spacial score (nSPS) is 11.1. The van der Waals surface area contributed by atoms with Crippen LogP contribution >= 0.6 is 31.9 Å². The van der Waals surface area contributed by atoms with Gasteiger partial charge in [-0.25, -0.2) is 0 Å². The highest BCUT2D eigenvalue weighted by Crippen LogP contribution is 2.36. The Balaban J connectivity index is 1.78. The van der Waals surface area contributed by atoms with E-state index >= 15 is 0 Å². The minimum atomic E-state index is -0.451. The fourth-order valence-corrected chi connectivity index (χ4v) is 4.48. The lowest BCUT2D eigenvalue weighted by atomic mass is 10.1. The molecule has 3 aromatic rings. The highest BCUT2D eigenvalue weighted by atomic mass is 79.9. The summed E-state index contributed by atoms with van der Waals surface area (Å²) in [5.41, 5.74) is 5.70. The summed E-state index contributed by atoms with van der Waals surface area (Å²) < 4.78 is 7.41. The number of rotatable bonds is 6. The molecule has 0 heterocycles. The van der Waals surface area contributed by atoms with Gasteiger partial charge in [0.25, 0.3) is 5.91 Å². The molecule has 0 aliphatic heterocycles. The molecular formula is C26H22Br2N2O2. The molecule has 162 valence electrons. The molecule has 4 nitrogen and oxygen atoms in total. The van der Waals surface area contributed by atoms with Crippen molar-refractivity contribution in [1.82, 2.24) is 0 Å². The number of halogens is 2.